The lowest BCUT2D eigenvalue weighted by molar-refractivity contribution is 0.313. The summed E-state index contributed by atoms with van der Waals surface area (Å²) in [5.74, 6) is 0. The van der Waals surface area contributed by atoms with E-state index in [9.17, 15) is 0 Å². The van der Waals surface area contributed by atoms with Gasteiger partial charge in [-0.3, -0.25) is 5.10 Å². The van der Waals surface area contributed by atoms with Crippen molar-refractivity contribution in [1.29, 1.82) is 0 Å². The molecular formula is C21H22N6. The Kier molecular flexibility index (Phi) is 3.90. The van der Waals surface area contributed by atoms with Crippen LogP contribution in [0.2, 0.25) is 0 Å². The van der Waals surface area contributed by atoms with E-state index in [1.807, 2.05) is 24.8 Å². The second kappa shape index (κ2) is 6.55. The topological polar surface area (TPSA) is 63.8 Å². The van der Waals surface area contributed by atoms with Crippen molar-refractivity contribution in [2.45, 2.75) is 0 Å². The molecule has 2 N–H and O–H groups in total. The summed E-state index contributed by atoms with van der Waals surface area (Å²) in [4.78, 5) is 12.7. The van der Waals surface area contributed by atoms with Gasteiger partial charge in [0, 0.05) is 72.5 Å². The number of hydrogen-bond acceptors (Lipinski definition) is 4. The number of hydrogen-bond donors (Lipinski definition) is 2. The zero-order valence-corrected chi connectivity index (χ0v) is 15.3. The predicted molar refractivity (Wildman–Crippen MR) is 109 cm³/mol. The quantitative estimate of drug-likeness (QED) is 0.589. The van der Waals surface area contributed by atoms with Crippen LogP contribution in [-0.2, 0) is 0 Å². The maximum absolute atomic E-state index is 4.61. The summed E-state index contributed by atoms with van der Waals surface area (Å²) < 4.78 is 0. The van der Waals surface area contributed by atoms with Crippen molar-refractivity contribution in [3.05, 3.63) is 55.1 Å². The Bertz CT molecular complexity index is 1040. The zero-order valence-electron chi connectivity index (χ0n) is 15.3. The average molecular weight is 358 g/mol. The second-order valence-corrected chi connectivity index (χ2v) is 7.15. The molecule has 0 aliphatic carbocycles. The maximum atomic E-state index is 4.61. The predicted octanol–water partition coefficient (Wildman–Crippen LogP) is 3.37. The minimum atomic E-state index is 0.893. The zero-order chi connectivity index (χ0) is 18.2. The third kappa shape index (κ3) is 2.98. The van der Waals surface area contributed by atoms with Crippen molar-refractivity contribution in [3.8, 4) is 22.3 Å². The monoisotopic (exact) mass is 358 g/mol. The minimum Gasteiger partial charge on any atom is -0.369 e. The van der Waals surface area contributed by atoms with Crippen molar-refractivity contribution in [1.82, 2.24) is 25.1 Å². The van der Waals surface area contributed by atoms with Gasteiger partial charge in [-0.15, -0.1) is 0 Å². The minimum absolute atomic E-state index is 0.893. The Morgan fingerprint density at radius 1 is 0.889 bits per heavy atom. The maximum Gasteiger partial charge on any atom is 0.137 e. The Hall–Kier alpha value is -3.12. The van der Waals surface area contributed by atoms with Crippen LogP contribution >= 0.6 is 0 Å². The number of anilines is 1. The van der Waals surface area contributed by atoms with E-state index >= 15 is 0 Å². The highest BCUT2D eigenvalue weighted by Gasteiger charge is 2.14. The third-order valence-corrected chi connectivity index (χ3v) is 5.41. The third-order valence-electron chi connectivity index (χ3n) is 5.41. The molecule has 0 atom stereocenters. The van der Waals surface area contributed by atoms with Crippen LogP contribution in [0, 0.1) is 0 Å². The lowest BCUT2D eigenvalue weighted by Crippen LogP contribution is -2.44. The lowest BCUT2D eigenvalue weighted by Gasteiger charge is -2.34. The first-order chi connectivity index (χ1) is 13.3. The van der Waals surface area contributed by atoms with Crippen LogP contribution < -0.4 is 4.90 Å². The highest BCUT2D eigenvalue weighted by Crippen LogP contribution is 2.31. The van der Waals surface area contributed by atoms with Gasteiger partial charge in [0.05, 0.1) is 6.20 Å². The molecule has 0 unspecified atom stereocenters. The fraction of sp³-hybridized carbons (Fsp3) is 0.238. The lowest BCUT2D eigenvalue weighted by atomic mass is 10.0. The number of likely N-dealkylation sites (N-methyl/N-ethyl adjacent to an activating group) is 1. The molecule has 0 radical (unpaired) electrons. The highest BCUT2D eigenvalue weighted by molar-refractivity contribution is 5.95. The molecule has 1 aromatic carbocycles. The molecule has 1 aliphatic rings. The van der Waals surface area contributed by atoms with Crippen LogP contribution in [0.15, 0.2) is 55.1 Å². The first-order valence-electron chi connectivity index (χ1n) is 9.28. The summed E-state index contributed by atoms with van der Waals surface area (Å²) in [6.07, 6.45) is 7.66. The van der Waals surface area contributed by atoms with Gasteiger partial charge in [0.25, 0.3) is 0 Å². The summed E-state index contributed by atoms with van der Waals surface area (Å²) in [6, 6.07) is 11.0. The van der Waals surface area contributed by atoms with E-state index in [1.165, 1.54) is 11.3 Å². The number of pyridine rings is 1. The van der Waals surface area contributed by atoms with Gasteiger partial charge < -0.3 is 14.8 Å². The molecule has 0 saturated carbocycles. The second-order valence-electron chi connectivity index (χ2n) is 7.15. The number of aromatic nitrogens is 4. The van der Waals surface area contributed by atoms with E-state index in [-0.39, 0.29) is 0 Å². The molecule has 5 rings (SSSR count). The van der Waals surface area contributed by atoms with E-state index in [2.05, 4.69) is 67.3 Å². The van der Waals surface area contributed by atoms with Crippen molar-refractivity contribution in [2.75, 3.05) is 38.1 Å². The first kappa shape index (κ1) is 16.1. The fourth-order valence-electron chi connectivity index (χ4n) is 3.73. The summed E-state index contributed by atoms with van der Waals surface area (Å²) >= 11 is 0. The number of nitrogens with zero attached hydrogens (tertiary/aromatic N) is 4. The normalized spacial score (nSPS) is 15.5. The van der Waals surface area contributed by atoms with Crippen LogP contribution in [0.4, 0.5) is 5.69 Å². The number of H-pyrrole nitrogens is 2. The van der Waals surface area contributed by atoms with Crippen LogP contribution in [0.3, 0.4) is 0 Å². The molecule has 3 aromatic heterocycles. The Morgan fingerprint density at radius 3 is 2.44 bits per heavy atom. The number of aromatic amines is 2. The summed E-state index contributed by atoms with van der Waals surface area (Å²) in [5, 5.41) is 8.04. The fourth-order valence-corrected chi connectivity index (χ4v) is 3.73. The van der Waals surface area contributed by atoms with E-state index in [0.29, 0.717) is 0 Å². The molecule has 1 saturated heterocycles. The van der Waals surface area contributed by atoms with Crippen LogP contribution in [-0.4, -0.2) is 58.3 Å². The van der Waals surface area contributed by atoms with Crippen molar-refractivity contribution >= 4 is 16.7 Å². The molecule has 4 aromatic rings. The van der Waals surface area contributed by atoms with Gasteiger partial charge in [-0.05, 0) is 30.8 Å². The van der Waals surface area contributed by atoms with Crippen molar-refractivity contribution in [2.24, 2.45) is 0 Å². The molecular weight excluding hydrogens is 336 g/mol. The van der Waals surface area contributed by atoms with Gasteiger partial charge in [-0.25, -0.2) is 4.98 Å². The number of piperazine rings is 1. The number of fused-ring (bicyclic) bond motifs is 1. The van der Waals surface area contributed by atoms with E-state index in [1.54, 1.807) is 0 Å². The van der Waals surface area contributed by atoms with Gasteiger partial charge in [0.15, 0.2) is 0 Å². The largest absolute Gasteiger partial charge is 0.369 e. The molecule has 1 aliphatic heterocycles. The number of nitrogens with one attached hydrogen (secondary N) is 2. The standard InChI is InChI=1S/C21H22N6/c1-26-6-8-27(9-7-26)18-4-2-15(3-5-18)16-10-19-20(17-12-24-25-13-17)14-23-21(19)22-11-16/h2-5,10-14H,6-9H2,1H3,(H,22,23)(H,24,25). The molecule has 27 heavy (non-hydrogen) atoms. The van der Waals surface area contributed by atoms with Crippen LogP contribution in [0.1, 0.15) is 0 Å². The Balaban J connectivity index is 1.46. The summed E-state index contributed by atoms with van der Waals surface area (Å²) in [5.41, 5.74) is 6.66. The van der Waals surface area contributed by atoms with Gasteiger partial charge >= 0.3 is 0 Å². The average Bonchev–Trinajstić information content (AvgIpc) is 3.38. The van der Waals surface area contributed by atoms with E-state index in [4.69, 9.17) is 0 Å². The molecule has 0 bridgehead atoms. The number of benzene rings is 1. The SMILES string of the molecule is CN1CCN(c2ccc(-c3cnc4[nH]cc(-c5cn[nH]c5)c4c3)cc2)CC1. The summed E-state index contributed by atoms with van der Waals surface area (Å²) in [7, 11) is 2.18. The Labute approximate surface area is 157 Å². The molecule has 1 fully saturated rings. The molecule has 6 nitrogen and oxygen atoms in total. The van der Waals surface area contributed by atoms with Gasteiger partial charge in [0.2, 0.25) is 0 Å². The van der Waals surface area contributed by atoms with Crippen LogP contribution in [0.5, 0.6) is 0 Å². The summed E-state index contributed by atoms with van der Waals surface area (Å²) in [6.45, 7) is 4.40. The van der Waals surface area contributed by atoms with Gasteiger partial charge in [-0.1, -0.05) is 12.1 Å². The molecule has 0 spiro atoms. The van der Waals surface area contributed by atoms with Crippen molar-refractivity contribution in [3.63, 3.8) is 0 Å². The van der Waals surface area contributed by atoms with E-state index in [0.717, 1.165) is 53.9 Å². The first-order valence-corrected chi connectivity index (χ1v) is 9.28. The molecule has 0 amide bonds. The molecule has 4 heterocycles. The van der Waals surface area contributed by atoms with Gasteiger partial charge in [-0.2, -0.15) is 5.10 Å². The van der Waals surface area contributed by atoms with Crippen LogP contribution in [0.25, 0.3) is 33.3 Å². The van der Waals surface area contributed by atoms with Crippen molar-refractivity contribution < 1.29 is 0 Å². The highest BCUT2D eigenvalue weighted by atomic mass is 15.2. The molecule has 6 heteroatoms. The number of rotatable bonds is 3. The Morgan fingerprint density at radius 2 is 1.70 bits per heavy atom. The van der Waals surface area contributed by atoms with E-state index < -0.39 is 0 Å². The smallest absolute Gasteiger partial charge is 0.137 e. The van der Waals surface area contributed by atoms with Gasteiger partial charge in [0.1, 0.15) is 5.65 Å². The molecule has 136 valence electrons.